The Hall–Kier alpha value is -2.92. The van der Waals surface area contributed by atoms with E-state index in [9.17, 15) is 4.39 Å². The Labute approximate surface area is 154 Å². The van der Waals surface area contributed by atoms with Crippen molar-refractivity contribution in [2.75, 3.05) is 7.11 Å². The number of thiazole rings is 1. The molecule has 4 aromatic rings. The van der Waals surface area contributed by atoms with Gasteiger partial charge in [-0.2, -0.15) is 0 Å². The summed E-state index contributed by atoms with van der Waals surface area (Å²) in [4.78, 5) is 4.66. The van der Waals surface area contributed by atoms with Crippen LogP contribution in [0.5, 0.6) is 11.5 Å². The minimum Gasteiger partial charge on any atom is -0.494 e. The summed E-state index contributed by atoms with van der Waals surface area (Å²) in [6.45, 7) is 0.293. The molecule has 26 heavy (non-hydrogen) atoms. The van der Waals surface area contributed by atoms with Crippen LogP contribution < -0.4 is 9.47 Å². The number of methoxy groups -OCH3 is 1. The molecule has 0 bridgehead atoms. The van der Waals surface area contributed by atoms with Crippen molar-refractivity contribution in [1.29, 1.82) is 0 Å². The van der Waals surface area contributed by atoms with Crippen molar-refractivity contribution in [3.8, 4) is 22.1 Å². The zero-order chi connectivity index (χ0) is 17.9. The van der Waals surface area contributed by atoms with Gasteiger partial charge in [-0.15, -0.1) is 11.3 Å². The lowest BCUT2D eigenvalue weighted by atomic mass is 10.2. The second-order valence-electron chi connectivity index (χ2n) is 5.77. The summed E-state index contributed by atoms with van der Waals surface area (Å²) in [6, 6.07) is 20.7. The molecule has 4 rings (SSSR count). The maximum absolute atomic E-state index is 13.7. The van der Waals surface area contributed by atoms with E-state index < -0.39 is 0 Å². The molecule has 3 aromatic carbocycles. The predicted octanol–water partition coefficient (Wildman–Crippen LogP) is 5.69. The van der Waals surface area contributed by atoms with Gasteiger partial charge in [0.2, 0.25) is 0 Å². The number of para-hydroxylation sites is 1. The van der Waals surface area contributed by atoms with Gasteiger partial charge in [0.25, 0.3) is 0 Å². The van der Waals surface area contributed by atoms with Gasteiger partial charge in [-0.3, -0.25) is 0 Å². The molecular weight excluding hydrogens is 349 g/mol. The Morgan fingerprint density at radius 3 is 2.54 bits per heavy atom. The van der Waals surface area contributed by atoms with E-state index in [4.69, 9.17) is 9.47 Å². The highest BCUT2D eigenvalue weighted by Gasteiger charge is 2.07. The molecule has 0 aliphatic rings. The minimum atomic E-state index is -0.389. The smallest absolute Gasteiger partial charge is 0.165 e. The van der Waals surface area contributed by atoms with Gasteiger partial charge in [0, 0.05) is 5.56 Å². The molecule has 0 amide bonds. The van der Waals surface area contributed by atoms with Crippen LogP contribution in [0.15, 0.2) is 66.7 Å². The van der Waals surface area contributed by atoms with E-state index in [0.29, 0.717) is 6.61 Å². The Balaban J connectivity index is 1.46. The molecule has 0 saturated carbocycles. The quantitative estimate of drug-likeness (QED) is 0.455. The van der Waals surface area contributed by atoms with Gasteiger partial charge in [0.05, 0.1) is 17.3 Å². The van der Waals surface area contributed by atoms with Crippen LogP contribution >= 0.6 is 11.3 Å². The molecule has 1 aromatic heterocycles. The SMILES string of the molecule is COc1ccc(COc2ccc(-c3nc4ccccc4s3)cc2)cc1F. The first kappa shape index (κ1) is 16.5. The molecule has 0 aliphatic carbocycles. The Kier molecular flexibility index (Phi) is 4.54. The van der Waals surface area contributed by atoms with Crippen LogP contribution in [-0.2, 0) is 6.61 Å². The second kappa shape index (κ2) is 7.14. The van der Waals surface area contributed by atoms with Crippen LogP contribution in [0.4, 0.5) is 4.39 Å². The third-order valence-electron chi connectivity index (χ3n) is 4.02. The molecule has 130 valence electrons. The van der Waals surface area contributed by atoms with Crippen LogP contribution in [0.25, 0.3) is 20.8 Å². The monoisotopic (exact) mass is 365 g/mol. The molecule has 0 unspecified atom stereocenters. The highest BCUT2D eigenvalue weighted by atomic mass is 32.1. The van der Waals surface area contributed by atoms with Gasteiger partial charge in [-0.25, -0.2) is 9.37 Å². The normalized spacial score (nSPS) is 10.8. The Morgan fingerprint density at radius 1 is 1.00 bits per heavy atom. The van der Waals surface area contributed by atoms with Crippen LogP contribution in [0, 0.1) is 5.82 Å². The average molecular weight is 365 g/mol. The molecule has 0 fully saturated rings. The lowest BCUT2D eigenvalue weighted by Gasteiger charge is -2.08. The number of benzene rings is 3. The fourth-order valence-corrected chi connectivity index (χ4v) is 3.63. The predicted molar refractivity (Wildman–Crippen MR) is 102 cm³/mol. The summed E-state index contributed by atoms with van der Waals surface area (Å²) in [5.41, 5.74) is 2.81. The summed E-state index contributed by atoms with van der Waals surface area (Å²) >= 11 is 1.67. The molecule has 0 spiro atoms. The van der Waals surface area contributed by atoms with Crippen LogP contribution in [0.2, 0.25) is 0 Å². The summed E-state index contributed by atoms with van der Waals surface area (Å²) in [6.07, 6.45) is 0. The number of aromatic nitrogens is 1. The Morgan fingerprint density at radius 2 is 1.81 bits per heavy atom. The number of ether oxygens (including phenoxy) is 2. The minimum absolute atomic E-state index is 0.230. The molecule has 3 nitrogen and oxygen atoms in total. The summed E-state index contributed by atoms with van der Waals surface area (Å²) in [7, 11) is 1.45. The first-order chi connectivity index (χ1) is 12.7. The first-order valence-corrected chi connectivity index (χ1v) is 8.96. The molecule has 0 aliphatic heterocycles. The van der Waals surface area contributed by atoms with E-state index in [2.05, 4.69) is 11.1 Å². The highest BCUT2D eigenvalue weighted by Crippen LogP contribution is 2.31. The maximum atomic E-state index is 13.7. The van der Waals surface area contributed by atoms with Gasteiger partial charge in [-0.05, 0) is 54.1 Å². The van der Waals surface area contributed by atoms with E-state index in [0.717, 1.165) is 27.4 Å². The average Bonchev–Trinajstić information content (AvgIpc) is 3.11. The van der Waals surface area contributed by atoms with Gasteiger partial charge in [0.15, 0.2) is 11.6 Å². The summed E-state index contributed by atoms with van der Waals surface area (Å²) in [5.74, 6) is 0.569. The summed E-state index contributed by atoms with van der Waals surface area (Å²) < 4.78 is 25.6. The molecule has 1 heterocycles. The first-order valence-electron chi connectivity index (χ1n) is 8.14. The standard InChI is InChI=1S/C21H16FNO2S/c1-24-19-11-6-14(12-17(19)22)13-25-16-9-7-15(8-10-16)21-23-18-4-2-3-5-20(18)26-21/h2-12H,13H2,1H3. The number of fused-ring (bicyclic) bond motifs is 1. The number of nitrogens with zero attached hydrogens (tertiary/aromatic N) is 1. The van der Waals surface area contributed by atoms with E-state index >= 15 is 0 Å². The van der Waals surface area contributed by atoms with Crippen LogP contribution in [-0.4, -0.2) is 12.1 Å². The van der Waals surface area contributed by atoms with E-state index in [-0.39, 0.29) is 11.6 Å². The van der Waals surface area contributed by atoms with Crippen LogP contribution in [0.3, 0.4) is 0 Å². The zero-order valence-electron chi connectivity index (χ0n) is 14.1. The molecule has 0 atom stereocenters. The fraction of sp³-hybridized carbons (Fsp3) is 0.0952. The van der Waals surface area contributed by atoms with Crippen molar-refractivity contribution in [2.45, 2.75) is 6.61 Å². The van der Waals surface area contributed by atoms with Gasteiger partial charge in [-0.1, -0.05) is 18.2 Å². The van der Waals surface area contributed by atoms with Crippen molar-refractivity contribution in [3.05, 3.63) is 78.1 Å². The van der Waals surface area contributed by atoms with Crippen molar-refractivity contribution in [1.82, 2.24) is 4.98 Å². The van der Waals surface area contributed by atoms with Crippen LogP contribution in [0.1, 0.15) is 5.56 Å². The van der Waals surface area contributed by atoms with Gasteiger partial charge < -0.3 is 9.47 Å². The number of rotatable bonds is 5. The lowest BCUT2D eigenvalue weighted by molar-refractivity contribution is 0.305. The third kappa shape index (κ3) is 3.39. The fourth-order valence-electron chi connectivity index (χ4n) is 2.66. The van der Waals surface area contributed by atoms with Gasteiger partial charge >= 0.3 is 0 Å². The molecule has 0 N–H and O–H groups in total. The second-order valence-corrected chi connectivity index (χ2v) is 6.80. The molecule has 0 saturated heterocycles. The van der Waals surface area contributed by atoms with Crippen molar-refractivity contribution < 1.29 is 13.9 Å². The molecule has 0 radical (unpaired) electrons. The van der Waals surface area contributed by atoms with E-state index in [1.165, 1.54) is 17.9 Å². The van der Waals surface area contributed by atoms with E-state index in [1.54, 1.807) is 23.5 Å². The van der Waals surface area contributed by atoms with E-state index in [1.807, 2.05) is 42.5 Å². The number of halogens is 1. The third-order valence-corrected chi connectivity index (χ3v) is 5.10. The van der Waals surface area contributed by atoms with Crippen molar-refractivity contribution >= 4 is 21.6 Å². The number of hydrogen-bond acceptors (Lipinski definition) is 4. The molecule has 5 heteroatoms. The lowest BCUT2D eigenvalue weighted by Crippen LogP contribution is -1.97. The zero-order valence-corrected chi connectivity index (χ0v) is 14.9. The maximum Gasteiger partial charge on any atom is 0.165 e. The topological polar surface area (TPSA) is 31.4 Å². The highest BCUT2D eigenvalue weighted by molar-refractivity contribution is 7.21. The number of hydrogen-bond donors (Lipinski definition) is 0. The largest absolute Gasteiger partial charge is 0.494 e. The Bertz CT molecular complexity index is 1010. The van der Waals surface area contributed by atoms with Crippen molar-refractivity contribution in [3.63, 3.8) is 0 Å². The van der Waals surface area contributed by atoms with Gasteiger partial charge in [0.1, 0.15) is 17.4 Å². The summed E-state index contributed by atoms with van der Waals surface area (Å²) in [5, 5.41) is 0.981. The molecular formula is C21H16FNO2S. The van der Waals surface area contributed by atoms with Crippen molar-refractivity contribution in [2.24, 2.45) is 0 Å².